The van der Waals surface area contributed by atoms with Gasteiger partial charge in [0.05, 0.1) is 0 Å². The molecule has 1 aliphatic heterocycles. The molecular weight excluding hydrogens is 450 g/mol. The molecular formula is C31H41NO4. The van der Waals surface area contributed by atoms with Crippen LogP contribution in [0.5, 0.6) is 5.75 Å². The third kappa shape index (κ3) is 6.91. The first-order valence-electron chi connectivity index (χ1n) is 13.4. The summed E-state index contributed by atoms with van der Waals surface area (Å²) in [4.78, 5) is 12.7. The molecule has 5 nitrogen and oxygen atoms in total. The molecule has 2 aliphatic rings. The number of carbonyl (C=O) groups excluding carboxylic acids is 1. The zero-order valence-electron chi connectivity index (χ0n) is 22.2. The maximum Gasteiger partial charge on any atom is 0.331 e. The van der Waals surface area contributed by atoms with E-state index in [1.54, 1.807) is 0 Å². The number of nitrogens with one attached hydrogen (secondary N) is 1. The van der Waals surface area contributed by atoms with Crippen LogP contribution >= 0.6 is 0 Å². The van der Waals surface area contributed by atoms with Gasteiger partial charge in [-0.3, -0.25) is 0 Å². The minimum absolute atomic E-state index is 0.362. The summed E-state index contributed by atoms with van der Waals surface area (Å²) in [5, 5.41) is 3.51. The Bertz CT molecular complexity index is 1040. The van der Waals surface area contributed by atoms with Crippen LogP contribution < -0.4 is 10.1 Å². The lowest BCUT2D eigenvalue weighted by atomic mass is 9.86. The number of benzene rings is 2. The number of anilines is 1. The van der Waals surface area contributed by atoms with E-state index in [0.717, 1.165) is 41.5 Å². The molecule has 0 amide bonds. The average molecular weight is 492 g/mol. The van der Waals surface area contributed by atoms with E-state index in [9.17, 15) is 4.79 Å². The van der Waals surface area contributed by atoms with Crippen molar-refractivity contribution in [2.45, 2.75) is 90.6 Å². The lowest BCUT2D eigenvalue weighted by Gasteiger charge is -2.43. The van der Waals surface area contributed by atoms with Crippen LogP contribution in [-0.2, 0) is 20.8 Å². The number of hydrogen-bond donors (Lipinski definition) is 1. The van der Waals surface area contributed by atoms with E-state index < -0.39 is 17.8 Å². The van der Waals surface area contributed by atoms with Crippen molar-refractivity contribution in [1.29, 1.82) is 0 Å². The minimum Gasteiger partial charge on any atom is -0.483 e. The van der Waals surface area contributed by atoms with E-state index in [0.29, 0.717) is 6.61 Å². The predicted octanol–water partition coefficient (Wildman–Crippen LogP) is 7.38. The fourth-order valence-corrected chi connectivity index (χ4v) is 5.26. The Morgan fingerprint density at radius 1 is 1.08 bits per heavy atom. The lowest BCUT2D eigenvalue weighted by molar-refractivity contribution is -0.180. The largest absolute Gasteiger partial charge is 0.483 e. The van der Waals surface area contributed by atoms with Gasteiger partial charge in [-0.05, 0) is 63.8 Å². The maximum atomic E-state index is 12.7. The number of fused-ring (bicyclic) bond motifs is 1. The van der Waals surface area contributed by atoms with Crippen LogP contribution in [0.1, 0.15) is 83.5 Å². The molecule has 1 saturated carbocycles. The molecule has 194 valence electrons. The van der Waals surface area contributed by atoms with E-state index in [1.807, 2.05) is 58.0 Å². The van der Waals surface area contributed by atoms with Gasteiger partial charge in [-0.1, -0.05) is 68.0 Å². The van der Waals surface area contributed by atoms with Crippen LogP contribution in [-0.4, -0.2) is 24.3 Å². The second-order valence-corrected chi connectivity index (χ2v) is 11.0. The molecule has 1 N–H and O–H groups in total. The van der Waals surface area contributed by atoms with E-state index in [2.05, 4.69) is 23.5 Å². The summed E-state index contributed by atoms with van der Waals surface area (Å²) in [6, 6.07) is 16.4. The van der Waals surface area contributed by atoms with Crippen LogP contribution in [0.25, 0.3) is 0 Å². The third-order valence-corrected chi connectivity index (χ3v) is 7.19. The van der Waals surface area contributed by atoms with Crippen molar-refractivity contribution >= 4 is 11.7 Å². The summed E-state index contributed by atoms with van der Waals surface area (Å²) < 4.78 is 19.0. The second kappa shape index (κ2) is 12.0. The maximum absolute atomic E-state index is 12.7. The SMILES string of the molecule is CC(C)=CC(=O)OC1C(OCCC2CCCCC2)c2cc(NCc3ccccc3)ccc2OC1(C)C. The smallest absolute Gasteiger partial charge is 0.331 e. The zero-order valence-corrected chi connectivity index (χ0v) is 22.2. The van der Waals surface area contributed by atoms with Crippen molar-refractivity contribution in [1.82, 2.24) is 0 Å². The average Bonchev–Trinajstić information content (AvgIpc) is 2.85. The fraction of sp³-hybridized carbons (Fsp3) is 0.516. The third-order valence-electron chi connectivity index (χ3n) is 7.19. The highest BCUT2D eigenvalue weighted by molar-refractivity contribution is 5.83. The number of esters is 1. The molecule has 2 unspecified atom stereocenters. The molecule has 1 fully saturated rings. The van der Waals surface area contributed by atoms with Gasteiger partial charge in [0.1, 0.15) is 17.5 Å². The number of hydrogen-bond acceptors (Lipinski definition) is 5. The first-order chi connectivity index (χ1) is 17.3. The summed E-state index contributed by atoms with van der Waals surface area (Å²) in [6.07, 6.45) is 8.14. The van der Waals surface area contributed by atoms with Gasteiger partial charge in [0.25, 0.3) is 0 Å². The van der Waals surface area contributed by atoms with E-state index >= 15 is 0 Å². The molecule has 36 heavy (non-hydrogen) atoms. The predicted molar refractivity (Wildman–Crippen MR) is 144 cm³/mol. The molecule has 0 spiro atoms. The zero-order chi connectivity index (χ0) is 25.5. The van der Waals surface area contributed by atoms with Gasteiger partial charge >= 0.3 is 5.97 Å². The highest BCUT2D eigenvalue weighted by Crippen LogP contribution is 2.44. The van der Waals surface area contributed by atoms with Gasteiger partial charge in [0.15, 0.2) is 6.10 Å². The van der Waals surface area contributed by atoms with Crippen molar-refractivity contribution in [3.05, 3.63) is 71.3 Å². The summed E-state index contributed by atoms with van der Waals surface area (Å²) in [5.74, 6) is 1.14. The number of ether oxygens (including phenoxy) is 3. The topological polar surface area (TPSA) is 56.8 Å². The Morgan fingerprint density at radius 2 is 1.83 bits per heavy atom. The molecule has 2 aromatic rings. The normalized spacial score (nSPS) is 21.1. The molecule has 1 aliphatic carbocycles. The first-order valence-corrected chi connectivity index (χ1v) is 13.4. The highest BCUT2D eigenvalue weighted by atomic mass is 16.6. The molecule has 0 radical (unpaired) electrons. The van der Waals surface area contributed by atoms with Crippen LogP contribution in [0.2, 0.25) is 0 Å². The Labute approximate surface area is 216 Å². The van der Waals surface area contributed by atoms with E-state index in [4.69, 9.17) is 14.2 Å². The van der Waals surface area contributed by atoms with Crippen molar-refractivity contribution < 1.29 is 19.0 Å². The Morgan fingerprint density at radius 3 is 2.56 bits per heavy atom. The molecule has 4 rings (SSSR count). The van der Waals surface area contributed by atoms with Crippen LogP contribution in [0.15, 0.2) is 60.2 Å². The molecule has 1 heterocycles. The lowest BCUT2D eigenvalue weighted by Crippen LogP contribution is -2.51. The monoisotopic (exact) mass is 491 g/mol. The second-order valence-electron chi connectivity index (χ2n) is 11.0. The van der Waals surface area contributed by atoms with Crippen LogP contribution in [0.3, 0.4) is 0 Å². The van der Waals surface area contributed by atoms with E-state index in [1.165, 1.54) is 43.7 Å². The van der Waals surface area contributed by atoms with Gasteiger partial charge in [0, 0.05) is 30.5 Å². The van der Waals surface area contributed by atoms with Gasteiger partial charge in [-0.25, -0.2) is 4.79 Å². The Kier molecular flexibility index (Phi) is 8.73. The van der Waals surface area contributed by atoms with Crippen LogP contribution in [0.4, 0.5) is 5.69 Å². The van der Waals surface area contributed by atoms with Gasteiger partial charge < -0.3 is 19.5 Å². The van der Waals surface area contributed by atoms with Crippen molar-refractivity contribution in [2.24, 2.45) is 5.92 Å². The molecule has 0 bridgehead atoms. The minimum atomic E-state index is -0.730. The highest BCUT2D eigenvalue weighted by Gasteiger charge is 2.47. The summed E-state index contributed by atoms with van der Waals surface area (Å²) >= 11 is 0. The summed E-state index contributed by atoms with van der Waals surface area (Å²) in [7, 11) is 0. The number of allylic oxidation sites excluding steroid dienone is 1. The van der Waals surface area contributed by atoms with Gasteiger partial charge in [0.2, 0.25) is 0 Å². The summed E-state index contributed by atoms with van der Waals surface area (Å²) in [5.41, 5.74) is 3.29. The molecule has 2 atom stereocenters. The first kappa shape index (κ1) is 26.3. The standard InChI is InChI=1S/C31H41NO4/c1-22(2)19-28(33)35-30-29(34-18-17-23-11-7-5-8-12-23)26-20-25(15-16-27(26)36-31(30,3)4)32-21-24-13-9-6-10-14-24/h6,9-10,13-16,19-20,23,29-30,32H,5,7-8,11-12,17-18,21H2,1-4H3. The van der Waals surface area contributed by atoms with Gasteiger partial charge in [-0.15, -0.1) is 0 Å². The number of rotatable bonds is 9. The summed E-state index contributed by atoms with van der Waals surface area (Å²) in [6.45, 7) is 9.08. The Balaban J connectivity index is 1.57. The van der Waals surface area contributed by atoms with Crippen molar-refractivity contribution in [3.63, 3.8) is 0 Å². The molecule has 0 saturated heterocycles. The molecule has 2 aromatic carbocycles. The van der Waals surface area contributed by atoms with Gasteiger partial charge in [-0.2, -0.15) is 0 Å². The van der Waals surface area contributed by atoms with E-state index in [-0.39, 0.29) is 5.97 Å². The van der Waals surface area contributed by atoms with Crippen molar-refractivity contribution in [2.75, 3.05) is 11.9 Å². The Hall–Kier alpha value is -2.79. The van der Waals surface area contributed by atoms with Crippen LogP contribution in [0, 0.1) is 5.92 Å². The quantitative estimate of drug-likeness (QED) is 0.293. The number of carbonyl (C=O) groups is 1. The fourth-order valence-electron chi connectivity index (χ4n) is 5.26. The van der Waals surface area contributed by atoms with Crippen molar-refractivity contribution in [3.8, 4) is 5.75 Å². The molecule has 0 aromatic heterocycles. The molecule has 5 heteroatoms.